The summed E-state index contributed by atoms with van der Waals surface area (Å²) in [5, 5.41) is 24.9. The predicted octanol–water partition coefficient (Wildman–Crippen LogP) is 3.31. The van der Waals surface area contributed by atoms with Crippen LogP contribution in [0, 0.1) is 0 Å². The normalized spacial score (nSPS) is 10.3. The molecule has 1 rings (SSSR count). The van der Waals surface area contributed by atoms with E-state index < -0.39 is 11.5 Å². The first-order valence-corrected chi connectivity index (χ1v) is 8.43. The first-order chi connectivity index (χ1) is 10.6. The molecule has 23 heavy (non-hydrogen) atoms. The molecule has 1 aromatic rings. The van der Waals surface area contributed by atoms with Gasteiger partial charge in [-0.2, -0.15) is 0 Å². The van der Waals surface area contributed by atoms with Gasteiger partial charge >= 0.3 is 16.5 Å². The molecule has 1 aromatic carbocycles. The summed E-state index contributed by atoms with van der Waals surface area (Å²) in [7, 11) is 0. The van der Waals surface area contributed by atoms with Gasteiger partial charge in [-0.05, 0) is 50.7 Å². The number of benzene rings is 1. The van der Waals surface area contributed by atoms with Crippen LogP contribution in [-0.4, -0.2) is 13.2 Å². The minimum absolute atomic E-state index is 0. The van der Waals surface area contributed by atoms with Crippen molar-refractivity contribution in [3.05, 3.63) is 11.1 Å². The Morgan fingerprint density at radius 2 is 1.04 bits per heavy atom. The van der Waals surface area contributed by atoms with E-state index >= 15 is 0 Å². The Morgan fingerprint density at radius 1 is 0.696 bits per heavy atom. The second-order valence-electron chi connectivity index (χ2n) is 5.35. The summed E-state index contributed by atoms with van der Waals surface area (Å²) in [6.07, 6.45) is 4.76. The van der Waals surface area contributed by atoms with Gasteiger partial charge in [-0.3, -0.25) is 0 Å². The second-order valence-corrected chi connectivity index (χ2v) is 5.35. The smallest absolute Gasteiger partial charge is 0.873 e. The summed E-state index contributed by atoms with van der Waals surface area (Å²) in [6.45, 7) is 8.76. The topological polar surface area (TPSA) is 64.6 Å². The van der Waals surface area contributed by atoms with E-state index in [1.165, 1.54) is 0 Å². The van der Waals surface area contributed by atoms with Gasteiger partial charge in [-0.15, -0.1) is 11.5 Å². The molecule has 0 fully saturated rings. The fourth-order valence-corrected chi connectivity index (χ4v) is 2.51. The van der Waals surface area contributed by atoms with Crippen molar-refractivity contribution in [2.24, 2.45) is 0 Å². The first kappa shape index (κ1) is 21.9. The Kier molecular flexibility index (Phi) is 10.9. The number of unbranched alkanes of at least 4 members (excludes halogenated alkanes) is 2. The van der Waals surface area contributed by atoms with Crippen molar-refractivity contribution in [3.8, 4) is 23.0 Å². The van der Waals surface area contributed by atoms with Gasteiger partial charge in [-0.25, -0.2) is 0 Å². The molecule has 0 heterocycles. The molecule has 0 spiro atoms. The van der Waals surface area contributed by atoms with Crippen LogP contribution in [0.5, 0.6) is 23.0 Å². The average molecular weight is 367 g/mol. The van der Waals surface area contributed by atoms with Gasteiger partial charge in [0.05, 0.1) is 13.2 Å². The molecular weight excluding hydrogens is 339 g/mol. The van der Waals surface area contributed by atoms with Crippen molar-refractivity contribution in [1.29, 1.82) is 0 Å². The summed E-state index contributed by atoms with van der Waals surface area (Å²) in [5.41, 5.74) is 0.967. The van der Waals surface area contributed by atoms with Gasteiger partial charge in [0.1, 0.15) is 0 Å². The molecule has 134 valence electrons. The minimum atomic E-state index is -0.411. The molecule has 0 aliphatic carbocycles. The largest absolute Gasteiger partial charge is 2.00 e. The number of rotatable bonds is 10. The van der Waals surface area contributed by atoms with Crippen LogP contribution in [0.3, 0.4) is 0 Å². The molecule has 0 saturated carbocycles. The van der Waals surface area contributed by atoms with Crippen molar-refractivity contribution in [2.75, 3.05) is 13.2 Å². The zero-order chi connectivity index (χ0) is 16.5. The Balaban J connectivity index is 0.00000484. The quantitative estimate of drug-likeness (QED) is 0.596. The molecule has 0 atom stereocenters. The summed E-state index contributed by atoms with van der Waals surface area (Å²) in [6, 6.07) is 0. The van der Waals surface area contributed by atoms with Crippen LogP contribution in [0.15, 0.2) is 0 Å². The summed E-state index contributed by atoms with van der Waals surface area (Å²) in [5.74, 6) is 0.167. The predicted molar refractivity (Wildman–Crippen MR) is 84.9 cm³/mol. The maximum absolute atomic E-state index is 12.5. The molecule has 0 unspecified atom stereocenters. The third-order valence-electron chi connectivity index (χ3n) is 3.65. The van der Waals surface area contributed by atoms with Crippen LogP contribution >= 0.6 is 0 Å². The third-order valence-corrected chi connectivity index (χ3v) is 3.65. The average Bonchev–Trinajstić information content (AvgIpc) is 2.51. The Hall–Kier alpha value is -1.09. The SMILES string of the molecule is CCCCc1c([O-])c([O-])c(CCCC)c(OCC)c1OCC.[Ni+2]. The van der Waals surface area contributed by atoms with Gasteiger partial charge in [0, 0.05) is 0 Å². The van der Waals surface area contributed by atoms with E-state index in [9.17, 15) is 10.2 Å². The van der Waals surface area contributed by atoms with Crippen LogP contribution in [0.1, 0.15) is 64.5 Å². The molecule has 5 heteroatoms. The van der Waals surface area contributed by atoms with Crippen LogP contribution in [0.25, 0.3) is 0 Å². The standard InChI is InChI=1S/C18H30O4.Ni/c1-5-9-11-13-15(19)16(20)14(12-10-6-2)18(22-8-4)17(13)21-7-3;/h19-20H,5-12H2,1-4H3;/q;+2/p-2. The molecule has 0 aliphatic rings. The van der Waals surface area contributed by atoms with E-state index in [0.717, 1.165) is 25.7 Å². The zero-order valence-corrected chi connectivity index (χ0v) is 15.6. The maximum atomic E-state index is 12.5. The molecule has 0 amide bonds. The van der Waals surface area contributed by atoms with Crippen molar-refractivity contribution in [3.63, 3.8) is 0 Å². The van der Waals surface area contributed by atoms with E-state index in [2.05, 4.69) is 13.8 Å². The molecule has 0 saturated heterocycles. The van der Waals surface area contributed by atoms with E-state index in [1.807, 2.05) is 13.8 Å². The van der Waals surface area contributed by atoms with Crippen molar-refractivity contribution < 1.29 is 36.2 Å². The van der Waals surface area contributed by atoms with Gasteiger partial charge in [0.15, 0.2) is 11.5 Å². The molecule has 4 nitrogen and oxygen atoms in total. The number of hydrogen-bond acceptors (Lipinski definition) is 4. The maximum Gasteiger partial charge on any atom is 2.00 e. The zero-order valence-electron chi connectivity index (χ0n) is 14.6. The molecule has 0 aromatic heterocycles. The Morgan fingerprint density at radius 3 is 1.30 bits per heavy atom. The Labute approximate surface area is 150 Å². The van der Waals surface area contributed by atoms with Crippen molar-refractivity contribution in [2.45, 2.75) is 66.2 Å². The summed E-state index contributed by atoms with van der Waals surface area (Å²) >= 11 is 0. The number of ether oxygens (including phenoxy) is 2. The van der Waals surface area contributed by atoms with Crippen LogP contribution < -0.4 is 19.7 Å². The second kappa shape index (κ2) is 11.4. The monoisotopic (exact) mass is 366 g/mol. The van der Waals surface area contributed by atoms with Crippen molar-refractivity contribution in [1.82, 2.24) is 0 Å². The van der Waals surface area contributed by atoms with E-state index in [1.54, 1.807) is 0 Å². The van der Waals surface area contributed by atoms with Gasteiger partial charge in [0.25, 0.3) is 0 Å². The van der Waals surface area contributed by atoms with Crippen LogP contribution in [0.4, 0.5) is 0 Å². The third kappa shape index (κ3) is 5.49. The van der Waals surface area contributed by atoms with Crippen LogP contribution in [-0.2, 0) is 29.3 Å². The molecule has 0 N–H and O–H groups in total. The molecule has 0 radical (unpaired) electrons. The summed E-state index contributed by atoms with van der Waals surface area (Å²) in [4.78, 5) is 0. The Bertz CT molecular complexity index is 432. The molecule has 0 bridgehead atoms. The van der Waals surface area contributed by atoms with E-state index in [4.69, 9.17) is 9.47 Å². The van der Waals surface area contributed by atoms with Crippen molar-refractivity contribution >= 4 is 0 Å². The fourth-order valence-electron chi connectivity index (χ4n) is 2.51. The van der Waals surface area contributed by atoms with Crippen LogP contribution in [0.2, 0.25) is 0 Å². The molecule has 0 aliphatic heterocycles. The van der Waals surface area contributed by atoms with E-state index in [-0.39, 0.29) is 16.5 Å². The van der Waals surface area contributed by atoms with Gasteiger partial charge in [0.2, 0.25) is 0 Å². The van der Waals surface area contributed by atoms with Gasteiger partial charge < -0.3 is 19.7 Å². The number of hydrogen-bond donors (Lipinski definition) is 0. The fraction of sp³-hybridized carbons (Fsp3) is 0.667. The van der Waals surface area contributed by atoms with Gasteiger partial charge in [-0.1, -0.05) is 26.7 Å². The first-order valence-electron chi connectivity index (χ1n) is 8.43. The van der Waals surface area contributed by atoms with E-state index in [0.29, 0.717) is 48.7 Å². The summed E-state index contributed by atoms with van der Waals surface area (Å²) < 4.78 is 11.4. The molecular formula is C18H28NiO4. The minimum Gasteiger partial charge on any atom is -0.873 e.